The summed E-state index contributed by atoms with van der Waals surface area (Å²) in [6, 6.07) is 0. The van der Waals surface area contributed by atoms with Gasteiger partial charge in [-0.15, -0.1) is 0 Å². The maximum Gasteiger partial charge on any atom is 0.122 e. The molecule has 0 aromatic heterocycles. The Kier molecular flexibility index (Phi) is 13.0. The monoisotopic (exact) mass is 117 g/mol. The van der Waals surface area contributed by atoms with Crippen LogP contribution in [0.3, 0.4) is 0 Å². The second-order valence-corrected chi connectivity index (χ2v) is 1.88. The summed E-state index contributed by atoms with van der Waals surface area (Å²) in [4.78, 5) is 9.50. The van der Waals surface area contributed by atoms with Crippen molar-refractivity contribution in [3.8, 4) is 0 Å². The van der Waals surface area contributed by atoms with Crippen molar-refractivity contribution in [2.75, 3.05) is 14.1 Å². The summed E-state index contributed by atoms with van der Waals surface area (Å²) in [6.07, 6.45) is 0.917. The second kappa shape index (κ2) is 9.80. The van der Waals surface area contributed by atoms with Crippen LogP contribution in [-0.2, 0) is 4.79 Å². The van der Waals surface area contributed by atoms with Gasteiger partial charge in [0.2, 0.25) is 0 Å². The van der Waals surface area contributed by atoms with Gasteiger partial charge in [-0.2, -0.15) is 0 Å². The molecule has 0 spiro atoms. The van der Waals surface area contributed by atoms with Crippen molar-refractivity contribution in [3.63, 3.8) is 0 Å². The van der Waals surface area contributed by atoms with Crippen LogP contribution in [0.15, 0.2) is 0 Å². The van der Waals surface area contributed by atoms with E-state index in [-0.39, 0.29) is 5.92 Å². The zero-order valence-corrected chi connectivity index (χ0v) is 6.06. The number of aldehydes is 1. The smallest absolute Gasteiger partial charge is 0.122 e. The molecule has 2 heteroatoms. The third-order valence-corrected chi connectivity index (χ3v) is 0.272. The molecule has 0 bridgehead atoms. The SMILES string of the molecule is CC(C)C=O.CNC. The summed E-state index contributed by atoms with van der Waals surface area (Å²) in [6.45, 7) is 3.71. The van der Waals surface area contributed by atoms with E-state index in [1.807, 2.05) is 27.9 Å². The quantitative estimate of drug-likeness (QED) is 0.512. The number of hydrogen-bond donors (Lipinski definition) is 1. The molecule has 2 nitrogen and oxygen atoms in total. The molecule has 8 heavy (non-hydrogen) atoms. The highest BCUT2D eigenvalue weighted by Gasteiger charge is 1.79. The minimum Gasteiger partial charge on any atom is -0.323 e. The number of carbonyl (C=O) groups excluding carboxylic acids is 1. The highest BCUT2D eigenvalue weighted by Crippen LogP contribution is 1.78. The van der Waals surface area contributed by atoms with Crippen molar-refractivity contribution < 1.29 is 4.79 Å². The Labute approximate surface area is 51.3 Å². The predicted octanol–water partition coefficient (Wildman–Crippen LogP) is 0.677. The summed E-state index contributed by atoms with van der Waals surface area (Å²) in [5.41, 5.74) is 0. The van der Waals surface area contributed by atoms with E-state index in [0.717, 1.165) is 6.29 Å². The van der Waals surface area contributed by atoms with Crippen LogP contribution >= 0.6 is 0 Å². The van der Waals surface area contributed by atoms with Crippen LogP contribution in [0.1, 0.15) is 13.8 Å². The molecule has 0 fully saturated rings. The number of hydrogen-bond acceptors (Lipinski definition) is 2. The highest BCUT2D eigenvalue weighted by atomic mass is 16.1. The van der Waals surface area contributed by atoms with Gasteiger partial charge in [0.15, 0.2) is 0 Å². The summed E-state index contributed by atoms with van der Waals surface area (Å²) in [7, 11) is 3.75. The topological polar surface area (TPSA) is 29.1 Å². The average molecular weight is 117 g/mol. The highest BCUT2D eigenvalue weighted by molar-refractivity contribution is 5.51. The predicted molar refractivity (Wildman–Crippen MR) is 35.9 cm³/mol. The lowest BCUT2D eigenvalue weighted by molar-refractivity contribution is -0.110. The lowest BCUT2D eigenvalue weighted by Gasteiger charge is -1.78. The minimum atomic E-state index is 0.204. The molecule has 0 rings (SSSR count). The van der Waals surface area contributed by atoms with Crippen LogP contribution in [0.5, 0.6) is 0 Å². The van der Waals surface area contributed by atoms with Gasteiger partial charge in [0.25, 0.3) is 0 Å². The van der Waals surface area contributed by atoms with Crippen molar-refractivity contribution in [1.29, 1.82) is 0 Å². The van der Waals surface area contributed by atoms with E-state index in [0.29, 0.717) is 0 Å². The lowest BCUT2D eigenvalue weighted by atomic mass is 10.3. The van der Waals surface area contributed by atoms with E-state index in [2.05, 4.69) is 5.32 Å². The Bertz CT molecular complexity index is 43.8. The zero-order chi connectivity index (χ0) is 6.99. The van der Waals surface area contributed by atoms with E-state index < -0.39 is 0 Å². The van der Waals surface area contributed by atoms with Crippen LogP contribution in [0.2, 0.25) is 0 Å². The van der Waals surface area contributed by atoms with Crippen molar-refractivity contribution in [3.05, 3.63) is 0 Å². The summed E-state index contributed by atoms with van der Waals surface area (Å²) < 4.78 is 0. The van der Waals surface area contributed by atoms with E-state index in [4.69, 9.17) is 0 Å². The van der Waals surface area contributed by atoms with Gasteiger partial charge in [-0.3, -0.25) is 0 Å². The lowest BCUT2D eigenvalue weighted by Crippen LogP contribution is -1.89. The molecule has 0 unspecified atom stereocenters. The van der Waals surface area contributed by atoms with E-state index >= 15 is 0 Å². The summed E-state index contributed by atoms with van der Waals surface area (Å²) in [5, 5.41) is 2.75. The number of rotatable bonds is 1. The second-order valence-electron chi connectivity index (χ2n) is 1.88. The zero-order valence-electron chi connectivity index (χ0n) is 6.06. The van der Waals surface area contributed by atoms with Gasteiger partial charge in [-0.1, -0.05) is 13.8 Å². The first-order valence-electron chi connectivity index (χ1n) is 2.72. The Morgan fingerprint density at radius 3 is 1.50 bits per heavy atom. The Balaban J connectivity index is 0. The van der Waals surface area contributed by atoms with Gasteiger partial charge in [0.05, 0.1) is 0 Å². The van der Waals surface area contributed by atoms with Crippen molar-refractivity contribution >= 4 is 6.29 Å². The summed E-state index contributed by atoms with van der Waals surface area (Å²) >= 11 is 0. The van der Waals surface area contributed by atoms with Gasteiger partial charge in [0.1, 0.15) is 6.29 Å². The molecule has 0 aliphatic carbocycles. The maximum absolute atomic E-state index is 9.50. The van der Waals surface area contributed by atoms with Gasteiger partial charge < -0.3 is 10.1 Å². The normalized spacial score (nSPS) is 7.62. The number of nitrogens with one attached hydrogen (secondary N) is 1. The van der Waals surface area contributed by atoms with Gasteiger partial charge >= 0.3 is 0 Å². The molecule has 0 aliphatic rings. The number of carbonyl (C=O) groups is 1. The molecular weight excluding hydrogens is 102 g/mol. The third-order valence-electron chi connectivity index (χ3n) is 0.272. The molecule has 0 atom stereocenters. The first kappa shape index (κ1) is 10.6. The van der Waals surface area contributed by atoms with E-state index in [9.17, 15) is 4.79 Å². The van der Waals surface area contributed by atoms with Crippen LogP contribution in [0.4, 0.5) is 0 Å². The van der Waals surface area contributed by atoms with Crippen LogP contribution < -0.4 is 5.32 Å². The fraction of sp³-hybridized carbons (Fsp3) is 0.833. The molecular formula is C6H15NO. The van der Waals surface area contributed by atoms with Gasteiger partial charge in [-0.25, -0.2) is 0 Å². The van der Waals surface area contributed by atoms with Gasteiger partial charge in [0, 0.05) is 5.92 Å². The van der Waals surface area contributed by atoms with Crippen LogP contribution in [-0.4, -0.2) is 20.4 Å². The van der Waals surface area contributed by atoms with E-state index in [1.165, 1.54) is 0 Å². The molecule has 0 saturated heterocycles. The van der Waals surface area contributed by atoms with Gasteiger partial charge in [-0.05, 0) is 14.1 Å². The van der Waals surface area contributed by atoms with Crippen molar-refractivity contribution in [2.24, 2.45) is 5.92 Å². The Morgan fingerprint density at radius 2 is 1.50 bits per heavy atom. The van der Waals surface area contributed by atoms with Crippen LogP contribution in [0.25, 0.3) is 0 Å². The molecule has 0 radical (unpaired) electrons. The van der Waals surface area contributed by atoms with Crippen molar-refractivity contribution in [2.45, 2.75) is 13.8 Å². The molecule has 0 aromatic rings. The Morgan fingerprint density at radius 1 is 1.38 bits per heavy atom. The molecule has 0 aliphatic heterocycles. The van der Waals surface area contributed by atoms with Crippen molar-refractivity contribution in [1.82, 2.24) is 5.32 Å². The largest absolute Gasteiger partial charge is 0.323 e. The molecule has 1 N–H and O–H groups in total. The fourth-order valence-electron chi connectivity index (χ4n) is 0. The standard InChI is InChI=1S/C4H8O.C2H7N/c1-4(2)3-5;1-3-2/h3-4H,1-2H3;3H,1-2H3. The molecule has 0 amide bonds. The van der Waals surface area contributed by atoms with E-state index in [1.54, 1.807) is 0 Å². The molecule has 0 aromatic carbocycles. The fourth-order valence-corrected chi connectivity index (χ4v) is 0. The third kappa shape index (κ3) is 45.4. The maximum atomic E-state index is 9.50. The molecule has 0 saturated carbocycles. The Hall–Kier alpha value is -0.370. The molecule has 50 valence electrons. The molecule has 0 heterocycles. The first-order chi connectivity index (χ1) is 3.68. The first-order valence-corrected chi connectivity index (χ1v) is 2.72. The minimum absolute atomic E-state index is 0.204. The summed E-state index contributed by atoms with van der Waals surface area (Å²) in [5.74, 6) is 0.204. The average Bonchev–Trinajstić information content (AvgIpc) is 1.69. The van der Waals surface area contributed by atoms with Crippen LogP contribution in [0, 0.1) is 5.92 Å².